The number of aliphatic imine (C=N–C) groups is 1. The highest BCUT2D eigenvalue weighted by molar-refractivity contribution is 14.0. The number of ether oxygens (including phenoxy) is 1. The minimum absolute atomic E-state index is 0. The molecule has 174 valence electrons. The van der Waals surface area contributed by atoms with Crippen LogP contribution in [0, 0.1) is 13.8 Å². The molecule has 0 unspecified atom stereocenters. The van der Waals surface area contributed by atoms with Gasteiger partial charge >= 0.3 is 0 Å². The van der Waals surface area contributed by atoms with E-state index in [2.05, 4.69) is 69.1 Å². The van der Waals surface area contributed by atoms with Gasteiger partial charge in [0.1, 0.15) is 18.4 Å². The van der Waals surface area contributed by atoms with Crippen molar-refractivity contribution in [3.05, 3.63) is 59.9 Å². The molecule has 3 rings (SSSR count). The average molecular weight is 551 g/mol. The van der Waals surface area contributed by atoms with Gasteiger partial charge in [-0.2, -0.15) is 0 Å². The molecule has 2 heterocycles. The predicted molar refractivity (Wildman–Crippen MR) is 139 cm³/mol. The molecule has 0 bridgehead atoms. The van der Waals surface area contributed by atoms with Gasteiger partial charge in [-0.15, -0.1) is 34.2 Å². The van der Waals surface area contributed by atoms with Gasteiger partial charge in [0.15, 0.2) is 5.96 Å². The Labute approximate surface area is 207 Å². The van der Waals surface area contributed by atoms with Crippen LogP contribution in [0.15, 0.2) is 48.0 Å². The summed E-state index contributed by atoms with van der Waals surface area (Å²) in [5.41, 5.74) is 4.87. The second-order valence-electron chi connectivity index (χ2n) is 7.67. The van der Waals surface area contributed by atoms with E-state index >= 15 is 0 Å². The number of hydrogen-bond acceptors (Lipinski definition) is 4. The topological polar surface area (TPSA) is 72.5 Å². The first-order valence-corrected chi connectivity index (χ1v) is 10.6. The molecule has 0 fully saturated rings. The second kappa shape index (κ2) is 12.5. The van der Waals surface area contributed by atoms with E-state index in [4.69, 9.17) is 4.74 Å². The van der Waals surface area contributed by atoms with Gasteiger partial charge in [-0.3, -0.25) is 4.99 Å². The molecule has 9 heteroatoms. The van der Waals surface area contributed by atoms with Crippen LogP contribution < -0.4 is 10.1 Å². The minimum Gasteiger partial charge on any atom is -0.497 e. The molecule has 0 radical (unpaired) electrons. The van der Waals surface area contributed by atoms with Crippen molar-refractivity contribution in [1.29, 1.82) is 0 Å². The summed E-state index contributed by atoms with van der Waals surface area (Å²) >= 11 is 0. The van der Waals surface area contributed by atoms with Crippen molar-refractivity contribution in [2.24, 2.45) is 4.99 Å². The van der Waals surface area contributed by atoms with Crippen LogP contribution in [0.4, 0.5) is 0 Å². The van der Waals surface area contributed by atoms with Crippen LogP contribution in [-0.2, 0) is 13.1 Å². The maximum Gasteiger partial charge on any atom is 0.193 e. The molecule has 0 aliphatic rings. The summed E-state index contributed by atoms with van der Waals surface area (Å²) in [4.78, 5) is 6.62. The van der Waals surface area contributed by atoms with Crippen LogP contribution in [0.25, 0.3) is 5.69 Å². The maximum absolute atomic E-state index is 5.29. The third-order valence-corrected chi connectivity index (χ3v) is 5.44. The van der Waals surface area contributed by atoms with Gasteiger partial charge in [0.05, 0.1) is 7.11 Å². The molecular formula is C23H34IN7O. The summed E-state index contributed by atoms with van der Waals surface area (Å²) in [7, 11) is 5.59. The molecule has 32 heavy (non-hydrogen) atoms. The fourth-order valence-corrected chi connectivity index (χ4v) is 3.79. The Morgan fingerprint density at radius 2 is 1.81 bits per heavy atom. The van der Waals surface area contributed by atoms with Crippen LogP contribution in [0.2, 0.25) is 0 Å². The highest BCUT2D eigenvalue weighted by Gasteiger charge is 2.14. The molecule has 0 aliphatic heterocycles. The fourth-order valence-electron chi connectivity index (χ4n) is 3.79. The van der Waals surface area contributed by atoms with Crippen LogP contribution in [0.1, 0.15) is 29.8 Å². The summed E-state index contributed by atoms with van der Waals surface area (Å²) < 4.78 is 9.57. The smallest absolute Gasteiger partial charge is 0.193 e. The van der Waals surface area contributed by atoms with Crippen LogP contribution in [0.5, 0.6) is 5.75 Å². The Balaban J connectivity index is 0.00000363. The van der Waals surface area contributed by atoms with Crippen molar-refractivity contribution in [2.75, 3.05) is 27.7 Å². The minimum atomic E-state index is 0. The molecule has 0 saturated heterocycles. The summed E-state index contributed by atoms with van der Waals surface area (Å²) in [5, 5.41) is 11.1. The van der Waals surface area contributed by atoms with E-state index in [9.17, 15) is 0 Å². The number of methoxy groups -OCH3 is 1. The van der Waals surface area contributed by atoms with E-state index in [0.29, 0.717) is 0 Å². The third-order valence-electron chi connectivity index (χ3n) is 5.44. The van der Waals surface area contributed by atoms with E-state index < -0.39 is 0 Å². The van der Waals surface area contributed by atoms with E-state index in [1.54, 1.807) is 19.8 Å². The summed E-state index contributed by atoms with van der Waals surface area (Å²) in [6, 6.07) is 10.4. The van der Waals surface area contributed by atoms with Crippen molar-refractivity contribution < 1.29 is 4.74 Å². The first-order chi connectivity index (χ1) is 15.0. The second-order valence-corrected chi connectivity index (χ2v) is 7.67. The number of hydrogen-bond donors (Lipinski definition) is 1. The molecule has 3 aromatic rings. The number of nitrogens with one attached hydrogen (secondary N) is 1. The average Bonchev–Trinajstić information content (AvgIpc) is 3.38. The number of halogens is 1. The molecule has 8 nitrogen and oxygen atoms in total. The zero-order valence-corrected chi connectivity index (χ0v) is 21.9. The molecule has 1 aromatic carbocycles. The van der Waals surface area contributed by atoms with Gasteiger partial charge in [0.25, 0.3) is 0 Å². The monoisotopic (exact) mass is 551 g/mol. The number of guanidine groups is 1. The summed E-state index contributed by atoms with van der Waals surface area (Å²) in [6.45, 7) is 6.91. The van der Waals surface area contributed by atoms with Gasteiger partial charge < -0.3 is 24.1 Å². The molecule has 0 spiro atoms. The molecule has 2 aromatic heterocycles. The van der Waals surface area contributed by atoms with Crippen LogP contribution >= 0.6 is 24.0 Å². The van der Waals surface area contributed by atoms with Crippen LogP contribution in [0.3, 0.4) is 0 Å². The number of unbranched alkanes of at least 4 members (excludes halogenated alkanes) is 1. The van der Waals surface area contributed by atoms with E-state index in [1.165, 1.54) is 17.0 Å². The van der Waals surface area contributed by atoms with Gasteiger partial charge in [-0.05, 0) is 62.6 Å². The molecule has 0 amide bonds. The van der Waals surface area contributed by atoms with Crippen molar-refractivity contribution in [1.82, 2.24) is 29.5 Å². The Morgan fingerprint density at radius 3 is 2.44 bits per heavy atom. The van der Waals surface area contributed by atoms with E-state index in [-0.39, 0.29) is 24.0 Å². The third kappa shape index (κ3) is 6.47. The van der Waals surface area contributed by atoms with Gasteiger partial charge in [0.2, 0.25) is 0 Å². The maximum atomic E-state index is 5.29. The summed E-state index contributed by atoms with van der Waals surface area (Å²) in [5.74, 6) is 1.77. The Hall–Kier alpha value is -2.56. The molecule has 1 N–H and O–H groups in total. The quantitative estimate of drug-likeness (QED) is 0.190. The SMILES string of the molecule is CN=C(NCCCCn1cnnc1)N(C)Cc1cc(C)n(-c2ccc(OC)cc2)c1C.I. The Kier molecular flexibility index (Phi) is 10.0. The highest BCUT2D eigenvalue weighted by Crippen LogP contribution is 2.23. The molecular weight excluding hydrogens is 517 g/mol. The Bertz CT molecular complexity index is 981. The van der Waals surface area contributed by atoms with Gasteiger partial charge in [-0.1, -0.05) is 0 Å². The number of benzene rings is 1. The standard InChI is InChI=1S/C23H33N7O.HI/c1-18-14-20(19(2)30(18)21-8-10-22(31-5)11-9-21)15-28(4)23(24-3)25-12-6-7-13-29-16-26-27-17-29;/h8-11,14,16-17H,6-7,12-13,15H2,1-5H3,(H,24,25);1H. The molecule has 0 saturated carbocycles. The highest BCUT2D eigenvalue weighted by atomic mass is 127. The lowest BCUT2D eigenvalue weighted by molar-refractivity contribution is 0.414. The zero-order chi connectivity index (χ0) is 22.2. The lowest BCUT2D eigenvalue weighted by atomic mass is 10.2. The van der Waals surface area contributed by atoms with Crippen molar-refractivity contribution in [3.8, 4) is 11.4 Å². The largest absolute Gasteiger partial charge is 0.497 e. The lowest BCUT2D eigenvalue weighted by Gasteiger charge is -2.22. The summed E-state index contributed by atoms with van der Waals surface area (Å²) in [6.07, 6.45) is 5.62. The number of aryl methyl sites for hydroxylation is 2. The van der Waals surface area contributed by atoms with Crippen LogP contribution in [-0.4, -0.2) is 57.9 Å². The number of nitrogens with zero attached hydrogens (tertiary/aromatic N) is 6. The van der Waals surface area contributed by atoms with Crippen molar-refractivity contribution in [3.63, 3.8) is 0 Å². The van der Waals surface area contributed by atoms with Crippen molar-refractivity contribution >= 4 is 29.9 Å². The predicted octanol–water partition coefficient (Wildman–Crippen LogP) is 3.80. The van der Waals surface area contributed by atoms with Gasteiger partial charge in [-0.25, -0.2) is 0 Å². The number of aromatic nitrogens is 4. The normalized spacial score (nSPS) is 11.2. The first-order valence-electron chi connectivity index (χ1n) is 10.6. The zero-order valence-electron chi connectivity index (χ0n) is 19.6. The van der Waals surface area contributed by atoms with E-state index in [1.807, 2.05) is 23.7 Å². The van der Waals surface area contributed by atoms with Crippen molar-refractivity contribution in [2.45, 2.75) is 39.8 Å². The molecule has 0 aliphatic carbocycles. The van der Waals surface area contributed by atoms with Gasteiger partial charge in [0, 0.05) is 50.8 Å². The first kappa shape index (κ1) is 25.7. The molecule has 0 atom stereocenters. The number of rotatable bonds is 9. The lowest BCUT2D eigenvalue weighted by Crippen LogP contribution is -2.39. The fraction of sp³-hybridized carbons (Fsp3) is 0.435. The van der Waals surface area contributed by atoms with E-state index in [0.717, 1.165) is 49.9 Å². The Morgan fingerprint density at radius 1 is 1.12 bits per heavy atom.